The van der Waals surface area contributed by atoms with Gasteiger partial charge in [-0.15, -0.1) is 0 Å². The molecule has 0 fully saturated rings. The fourth-order valence-electron chi connectivity index (χ4n) is 5.15. The Labute approximate surface area is 312 Å². The SMILES string of the molecule is CC/C=C\C/C=C\C/C=C\C/C=C\C/C=C\C/C=C\CCCCC(=O)OCC(COC(=O)CCCCCCCC)OC(=O)CCCCCCCC. The van der Waals surface area contributed by atoms with Crippen LogP contribution >= 0.6 is 0 Å². The van der Waals surface area contributed by atoms with E-state index in [9.17, 15) is 14.4 Å². The maximum absolute atomic E-state index is 12.5. The van der Waals surface area contributed by atoms with Crippen LogP contribution in [0.3, 0.4) is 0 Å². The van der Waals surface area contributed by atoms with Crippen LogP contribution in [-0.4, -0.2) is 37.2 Å². The van der Waals surface area contributed by atoms with Gasteiger partial charge in [-0.25, -0.2) is 0 Å². The van der Waals surface area contributed by atoms with E-state index in [1.54, 1.807) is 0 Å². The predicted octanol–water partition coefficient (Wildman–Crippen LogP) is 12.7. The summed E-state index contributed by atoms with van der Waals surface area (Å²) in [5, 5.41) is 0. The summed E-state index contributed by atoms with van der Waals surface area (Å²) >= 11 is 0. The smallest absolute Gasteiger partial charge is 0.306 e. The van der Waals surface area contributed by atoms with E-state index in [-0.39, 0.29) is 31.1 Å². The molecule has 0 saturated carbocycles. The molecule has 0 aliphatic rings. The van der Waals surface area contributed by atoms with Crippen molar-refractivity contribution in [2.75, 3.05) is 13.2 Å². The van der Waals surface area contributed by atoms with E-state index in [4.69, 9.17) is 14.2 Å². The molecule has 0 aromatic heterocycles. The van der Waals surface area contributed by atoms with E-state index in [1.807, 2.05) is 0 Å². The first kappa shape index (κ1) is 47.8. The van der Waals surface area contributed by atoms with Crippen molar-refractivity contribution in [2.45, 2.75) is 181 Å². The first-order valence-corrected chi connectivity index (χ1v) is 20.4. The first-order chi connectivity index (χ1) is 25.0. The Kier molecular flexibility index (Phi) is 37.2. The Morgan fingerprint density at radius 3 is 1.20 bits per heavy atom. The predicted molar refractivity (Wildman–Crippen MR) is 214 cm³/mol. The second kappa shape index (κ2) is 39.6. The van der Waals surface area contributed by atoms with Gasteiger partial charge in [-0.05, 0) is 70.6 Å². The van der Waals surface area contributed by atoms with Crippen molar-refractivity contribution >= 4 is 17.9 Å². The molecule has 0 aromatic carbocycles. The van der Waals surface area contributed by atoms with E-state index >= 15 is 0 Å². The Balaban J connectivity index is 4.25. The molecule has 290 valence electrons. The second-order valence-electron chi connectivity index (χ2n) is 13.2. The van der Waals surface area contributed by atoms with E-state index in [0.717, 1.165) is 96.3 Å². The third-order valence-corrected chi connectivity index (χ3v) is 8.23. The van der Waals surface area contributed by atoms with Gasteiger partial charge in [-0.3, -0.25) is 14.4 Å². The highest BCUT2D eigenvalue weighted by Crippen LogP contribution is 2.11. The molecule has 0 saturated heterocycles. The van der Waals surface area contributed by atoms with Crippen molar-refractivity contribution in [1.82, 2.24) is 0 Å². The highest BCUT2D eigenvalue weighted by molar-refractivity contribution is 5.71. The summed E-state index contributed by atoms with van der Waals surface area (Å²) in [7, 11) is 0. The van der Waals surface area contributed by atoms with E-state index < -0.39 is 6.10 Å². The summed E-state index contributed by atoms with van der Waals surface area (Å²) in [6.07, 6.45) is 47.9. The minimum Gasteiger partial charge on any atom is -0.462 e. The van der Waals surface area contributed by atoms with Gasteiger partial charge in [-0.2, -0.15) is 0 Å². The van der Waals surface area contributed by atoms with Crippen LogP contribution in [0.5, 0.6) is 0 Å². The van der Waals surface area contributed by atoms with Crippen molar-refractivity contribution in [3.8, 4) is 0 Å². The molecule has 0 amide bonds. The highest BCUT2D eigenvalue weighted by Gasteiger charge is 2.19. The van der Waals surface area contributed by atoms with Crippen molar-refractivity contribution < 1.29 is 28.6 Å². The van der Waals surface area contributed by atoms with Gasteiger partial charge in [0.25, 0.3) is 0 Å². The van der Waals surface area contributed by atoms with Gasteiger partial charge in [0, 0.05) is 19.3 Å². The highest BCUT2D eigenvalue weighted by atomic mass is 16.6. The summed E-state index contributed by atoms with van der Waals surface area (Å²) in [5.41, 5.74) is 0. The number of hydrogen-bond donors (Lipinski definition) is 0. The van der Waals surface area contributed by atoms with Crippen LogP contribution < -0.4 is 0 Å². The van der Waals surface area contributed by atoms with Crippen LogP contribution in [0.1, 0.15) is 175 Å². The third kappa shape index (κ3) is 37.9. The Morgan fingerprint density at radius 1 is 0.412 bits per heavy atom. The Morgan fingerprint density at radius 2 is 0.765 bits per heavy atom. The molecule has 6 heteroatoms. The largest absolute Gasteiger partial charge is 0.462 e. The van der Waals surface area contributed by atoms with Crippen LogP contribution in [0, 0.1) is 0 Å². The van der Waals surface area contributed by atoms with Gasteiger partial charge in [-0.1, -0.05) is 158 Å². The average molecular weight is 711 g/mol. The van der Waals surface area contributed by atoms with Gasteiger partial charge in [0.05, 0.1) is 0 Å². The van der Waals surface area contributed by atoms with Gasteiger partial charge in [0.15, 0.2) is 6.10 Å². The van der Waals surface area contributed by atoms with E-state index in [2.05, 4.69) is 93.7 Å². The van der Waals surface area contributed by atoms with Crippen LogP contribution in [0.2, 0.25) is 0 Å². The van der Waals surface area contributed by atoms with Gasteiger partial charge in [0.1, 0.15) is 13.2 Å². The third-order valence-electron chi connectivity index (χ3n) is 8.23. The quantitative estimate of drug-likeness (QED) is 0.0282. The molecule has 6 nitrogen and oxygen atoms in total. The monoisotopic (exact) mass is 711 g/mol. The van der Waals surface area contributed by atoms with Crippen LogP contribution in [0.15, 0.2) is 72.9 Å². The maximum Gasteiger partial charge on any atom is 0.306 e. The molecule has 0 aliphatic heterocycles. The standard InChI is InChI=1S/C45H74O6/c1-4-7-10-13-16-17-18-19-20-21-22-23-24-25-26-27-28-29-30-33-35-38-44(47)50-41-42(51-45(48)39-36-32-15-12-9-6-3)40-49-43(46)37-34-31-14-11-8-5-2/h7,10,16-17,19-20,22-23,25-26,28-29,42H,4-6,8-9,11-15,18,21,24,27,30-41H2,1-3H3/b10-7-,17-16-,20-19-,23-22-,26-25-,29-28-. The molecule has 1 unspecified atom stereocenters. The number of esters is 3. The van der Waals surface area contributed by atoms with E-state index in [1.165, 1.54) is 38.5 Å². The van der Waals surface area contributed by atoms with Crippen molar-refractivity contribution in [3.05, 3.63) is 72.9 Å². The first-order valence-electron chi connectivity index (χ1n) is 20.4. The molecule has 0 aliphatic carbocycles. The number of rotatable bonds is 35. The maximum atomic E-state index is 12.5. The van der Waals surface area contributed by atoms with Gasteiger partial charge in [0.2, 0.25) is 0 Å². The average Bonchev–Trinajstić information content (AvgIpc) is 3.13. The zero-order valence-electron chi connectivity index (χ0n) is 32.8. The lowest BCUT2D eigenvalue weighted by molar-refractivity contribution is -0.167. The van der Waals surface area contributed by atoms with Crippen LogP contribution in [0.4, 0.5) is 0 Å². The fourth-order valence-corrected chi connectivity index (χ4v) is 5.15. The minimum absolute atomic E-state index is 0.0904. The zero-order valence-corrected chi connectivity index (χ0v) is 32.8. The van der Waals surface area contributed by atoms with Crippen LogP contribution in [0.25, 0.3) is 0 Å². The number of carbonyl (C=O) groups excluding carboxylic acids is 3. The molecule has 51 heavy (non-hydrogen) atoms. The van der Waals surface area contributed by atoms with Crippen molar-refractivity contribution in [2.24, 2.45) is 0 Å². The van der Waals surface area contributed by atoms with Crippen molar-refractivity contribution in [3.63, 3.8) is 0 Å². The minimum atomic E-state index is -0.783. The van der Waals surface area contributed by atoms with Crippen LogP contribution in [-0.2, 0) is 28.6 Å². The lowest BCUT2D eigenvalue weighted by Crippen LogP contribution is -2.30. The lowest BCUT2D eigenvalue weighted by atomic mass is 10.1. The number of carbonyl (C=O) groups is 3. The summed E-state index contributed by atoms with van der Waals surface area (Å²) in [5.74, 6) is -0.966. The molecule has 0 rings (SSSR count). The number of ether oxygens (including phenoxy) is 3. The topological polar surface area (TPSA) is 78.9 Å². The van der Waals surface area contributed by atoms with Gasteiger partial charge < -0.3 is 14.2 Å². The molecule has 0 heterocycles. The Hall–Kier alpha value is -3.15. The molecule has 0 N–H and O–H groups in total. The van der Waals surface area contributed by atoms with Crippen molar-refractivity contribution in [1.29, 1.82) is 0 Å². The molecular weight excluding hydrogens is 636 g/mol. The number of unbranched alkanes of at least 4 members (excludes halogenated alkanes) is 12. The number of allylic oxidation sites excluding steroid dienone is 12. The number of hydrogen-bond acceptors (Lipinski definition) is 6. The molecule has 1 atom stereocenters. The molecular formula is C45H74O6. The lowest BCUT2D eigenvalue weighted by Gasteiger charge is -2.18. The molecule has 0 aromatic rings. The van der Waals surface area contributed by atoms with Gasteiger partial charge >= 0.3 is 17.9 Å². The molecule has 0 radical (unpaired) electrons. The second-order valence-corrected chi connectivity index (χ2v) is 13.2. The summed E-state index contributed by atoms with van der Waals surface area (Å²) < 4.78 is 16.4. The molecule has 0 spiro atoms. The molecule has 0 bridgehead atoms. The normalized spacial score (nSPS) is 12.8. The zero-order chi connectivity index (χ0) is 37.3. The summed E-state index contributed by atoms with van der Waals surface area (Å²) in [6.45, 7) is 6.32. The van der Waals surface area contributed by atoms with E-state index in [0.29, 0.717) is 19.3 Å². The summed E-state index contributed by atoms with van der Waals surface area (Å²) in [4.78, 5) is 37.2. The summed E-state index contributed by atoms with van der Waals surface area (Å²) in [6, 6.07) is 0. The fraction of sp³-hybridized carbons (Fsp3) is 0.667. The Bertz CT molecular complexity index is 1000.